The molecule has 0 spiro atoms. The third-order valence-electron chi connectivity index (χ3n) is 3.74. The molecule has 4 nitrogen and oxygen atoms in total. The van der Waals surface area contributed by atoms with Gasteiger partial charge in [0.25, 0.3) is 0 Å². The van der Waals surface area contributed by atoms with Gasteiger partial charge in [-0.15, -0.1) is 0 Å². The van der Waals surface area contributed by atoms with E-state index in [0.717, 1.165) is 24.2 Å². The predicted molar refractivity (Wildman–Crippen MR) is 69.1 cm³/mol. The van der Waals surface area contributed by atoms with Crippen molar-refractivity contribution in [2.24, 2.45) is 0 Å². The zero-order valence-corrected chi connectivity index (χ0v) is 10.8. The van der Waals surface area contributed by atoms with Gasteiger partial charge in [-0.1, -0.05) is 17.7 Å². The number of aryl methyl sites for hydroxylation is 1. The molecule has 1 aromatic carbocycles. The van der Waals surface area contributed by atoms with Gasteiger partial charge in [-0.05, 0) is 38.9 Å². The van der Waals surface area contributed by atoms with Crippen LogP contribution < -0.4 is 10.1 Å². The zero-order valence-electron chi connectivity index (χ0n) is 10.8. The summed E-state index contributed by atoms with van der Waals surface area (Å²) in [6.45, 7) is 3.42. The van der Waals surface area contributed by atoms with Crippen LogP contribution >= 0.6 is 0 Å². The van der Waals surface area contributed by atoms with Crippen LogP contribution in [-0.2, 0) is 10.2 Å². The third-order valence-corrected chi connectivity index (χ3v) is 3.74. The average molecular weight is 249 g/mol. The first kappa shape index (κ1) is 12.9. The van der Waals surface area contributed by atoms with Gasteiger partial charge in [-0.2, -0.15) is 0 Å². The molecule has 98 valence electrons. The fraction of sp³-hybridized carbons (Fsp3) is 0.500. The minimum absolute atomic E-state index is 0.599. The van der Waals surface area contributed by atoms with E-state index in [9.17, 15) is 9.90 Å². The number of ether oxygens (including phenoxy) is 1. The Kier molecular flexibility index (Phi) is 3.57. The first-order chi connectivity index (χ1) is 8.60. The van der Waals surface area contributed by atoms with Crippen molar-refractivity contribution in [2.75, 3.05) is 20.2 Å². The molecule has 1 fully saturated rings. The Morgan fingerprint density at radius 2 is 2.06 bits per heavy atom. The number of carboxylic acid groups (broad SMARTS) is 1. The van der Waals surface area contributed by atoms with Crippen LogP contribution in [-0.4, -0.2) is 31.3 Å². The van der Waals surface area contributed by atoms with E-state index in [-0.39, 0.29) is 0 Å². The second-order valence-corrected chi connectivity index (χ2v) is 4.84. The van der Waals surface area contributed by atoms with Gasteiger partial charge in [0, 0.05) is 5.56 Å². The maximum Gasteiger partial charge on any atom is 0.314 e. The highest BCUT2D eigenvalue weighted by Crippen LogP contribution is 2.39. The molecule has 1 saturated heterocycles. The van der Waals surface area contributed by atoms with E-state index in [0.29, 0.717) is 18.6 Å². The summed E-state index contributed by atoms with van der Waals surface area (Å²) in [6, 6.07) is 5.74. The van der Waals surface area contributed by atoms with Crippen molar-refractivity contribution in [3.8, 4) is 5.75 Å². The van der Waals surface area contributed by atoms with Crippen molar-refractivity contribution in [2.45, 2.75) is 25.2 Å². The number of hydrogen-bond donors (Lipinski definition) is 2. The number of carbonyl (C=O) groups is 1. The van der Waals surface area contributed by atoms with Crippen LogP contribution in [0.2, 0.25) is 0 Å². The molecule has 0 amide bonds. The second-order valence-electron chi connectivity index (χ2n) is 4.84. The molecule has 1 aliphatic heterocycles. The van der Waals surface area contributed by atoms with Gasteiger partial charge in [0.1, 0.15) is 5.75 Å². The highest BCUT2D eigenvalue weighted by atomic mass is 16.5. The fourth-order valence-electron chi connectivity index (χ4n) is 2.65. The van der Waals surface area contributed by atoms with Crippen LogP contribution in [0.3, 0.4) is 0 Å². The van der Waals surface area contributed by atoms with E-state index < -0.39 is 11.4 Å². The van der Waals surface area contributed by atoms with Crippen molar-refractivity contribution in [1.29, 1.82) is 0 Å². The summed E-state index contributed by atoms with van der Waals surface area (Å²) < 4.78 is 5.35. The summed E-state index contributed by atoms with van der Waals surface area (Å²) >= 11 is 0. The molecule has 2 rings (SSSR count). The summed E-state index contributed by atoms with van der Waals surface area (Å²) in [6.07, 6.45) is 1.20. The lowest BCUT2D eigenvalue weighted by molar-refractivity contribution is -0.145. The van der Waals surface area contributed by atoms with Gasteiger partial charge in [0.15, 0.2) is 0 Å². The summed E-state index contributed by atoms with van der Waals surface area (Å²) in [5.74, 6) is -0.0854. The predicted octanol–water partition coefficient (Wildman–Crippen LogP) is 1.71. The standard InChI is InChI=1S/C14H19NO3/c1-10-3-4-12(18-2)11(9-10)14(13(16)17)5-7-15-8-6-14/h3-4,9,15H,5-8H2,1-2H3,(H,16,17). The second kappa shape index (κ2) is 4.98. The number of benzene rings is 1. The topological polar surface area (TPSA) is 58.6 Å². The number of carboxylic acids is 1. The monoisotopic (exact) mass is 249 g/mol. The van der Waals surface area contributed by atoms with Gasteiger partial charge < -0.3 is 15.2 Å². The highest BCUT2D eigenvalue weighted by molar-refractivity contribution is 5.83. The van der Waals surface area contributed by atoms with Crippen molar-refractivity contribution in [1.82, 2.24) is 5.32 Å². The zero-order chi connectivity index (χ0) is 13.2. The van der Waals surface area contributed by atoms with Crippen LogP contribution in [0.25, 0.3) is 0 Å². The average Bonchev–Trinajstić information content (AvgIpc) is 2.39. The summed E-state index contributed by atoms with van der Waals surface area (Å²) in [5, 5.41) is 12.9. The van der Waals surface area contributed by atoms with Crippen LogP contribution in [0.5, 0.6) is 5.75 Å². The Bertz CT molecular complexity index is 450. The normalized spacial score (nSPS) is 18.3. The van der Waals surface area contributed by atoms with Gasteiger partial charge >= 0.3 is 5.97 Å². The van der Waals surface area contributed by atoms with E-state index in [4.69, 9.17) is 4.74 Å². The molecule has 0 atom stereocenters. The van der Waals surface area contributed by atoms with Gasteiger partial charge in [0.05, 0.1) is 12.5 Å². The molecule has 1 aliphatic rings. The van der Waals surface area contributed by atoms with E-state index in [1.807, 2.05) is 25.1 Å². The SMILES string of the molecule is COc1ccc(C)cc1C1(C(=O)O)CCNCC1. The first-order valence-corrected chi connectivity index (χ1v) is 6.19. The van der Waals surface area contributed by atoms with Crippen LogP contribution in [0.4, 0.5) is 0 Å². The summed E-state index contributed by atoms with van der Waals surface area (Å²) in [7, 11) is 1.59. The molecular weight excluding hydrogens is 230 g/mol. The lowest BCUT2D eigenvalue weighted by atomic mass is 9.72. The maximum absolute atomic E-state index is 11.8. The molecular formula is C14H19NO3. The number of piperidine rings is 1. The van der Waals surface area contributed by atoms with Gasteiger partial charge in [0.2, 0.25) is 0 Å². The van der Waals surface area contributed by atoms with E-state index in [1.54, 1.807) is 7.11 Å². The van der Waals surface area contributed by atoms with Crippen LogP contribution in [0.1, 0.15) is 24.0 Å². The van der Waals surface area contributed by atoms with E-state index in [1.165, 1.54) is 0 Å². The molecule has 0 aliphatic carbocycles. The quantitative estimate of drug-likeness (QED) is 0.856. The van der Waals surface area contributed by atoms with Crippen molar-refractivity contribution >= 4 is 5.97 Å². The Balaban J connectivity index is 2.54. The number of rotatable bonds is 3. The largest absolute Gasteiger partial charge is 0.496 e. The molecule has 2 N–H and O–H groups in total. The van der Waals surface area contributed by atoms with Gasteiger partial charge in [-0.25, -0.2) is 0 Å². The maximum atomic E-state index is 11.8. The van der Waals surface area contributed by atoms with Crippen molar-refractivity contribution in [3.05, 3.63) is 29.3 Å². The Morgan fingerprint density at radius 1 is 1.39 bits per heavy atom. The molecule has 4 heteroatoms. The minimum Gasteiger partial charge on any atom is -0.496 e. The first-order valence-electron chi connectivity index (χ1n) is 6.19. The van der Waals surface area contributed by atoms with Crippen molar-refractivity contribution < 1.29 is 14.6 Å². The molecule has 1 heterocycles. The summed E-state index contributed by atoms with van der Waals surface area (Å²) in [5.41, 5.74) is 1.05. The number of methoxy groups -OCH3 is 1. The number of hydrogen-bond acceptors (Lipinski definition) is 3. The highest BCUT2D eigenvalue weighted by Gasteiger charge is 2.43. The molecule has 0 saturated carbocycles. The molecule has 0 bridgehead atoms. The van der Waals surface area contributed by atoms with Gasteiger partial charge in [-0.3, -0.25) is 4.79 Å². The Hall–Kier alpha value is -1.55. The lowest BCUT2D eigenvalue weighted by Gasteiger charge is -2.35. The molecule has 0 radical (unpaired) electrons. The fourth-order valence-corrected chi connectivity index (χ4v) is 2.65. The number of nitrogens with one attached hydrogen (secondary N) is 1. The number of aliphatic carboxylic acids is 1. The van der Waals surface area contributed by atoms with Crippen LogP contribution in [0.15, 0.2) is 18.2 Å². The molecule has 0 unspecified atom stereocenters. The van der Waals surface area contributed by atoms with Crippen molar-refractivity contribution in [3.63, 3.8) is 0 Å². The Labute approximate surface area is 107 Å². The smallest absolute Gasteiger partial charge is 0.314 e. The molecule has 1 aromatic rings. The van der Waals surface area contributed by atoms with Crippen LogP contribution in [0, 0.1) is 6.92 Å². The molecule has 18 heavy (non-hydrogen) atoms. The minimum atomic E-state index is -0.817. The Morgan fingerprint density at radius 3 is 2.61 bits per heavy atom. The lowest BCUT2D eigenvalue weighted by Crippen LogP contribution is -2.45. The summed E-state index contributed by atoms with van der Waals surface area (Å²) in [4.78, 5) is 11.8. The third kappa shape index (κ3) is 2.08. The van der Waals surface area contributed by atoms with E-state index in [2.05, 4.69) is 5.32 Å². The van der Waals surface area contributed by atoms with E-state index >= 15 is 0 Å². The molecule has 0 aromatic heterocycles.